The fourth-order valence-electron chi connectivity index (χ4n) is 6.94. The van der Waals surface area contributed by atoms with E-state index in [-0.39, 0.29) is 0 Å². The lowest BCUT2D eigenvalue weighted by Crippen LogP contribution is -2.50. The van der Waals surface area contributed by atoms with Gasteiger partial charge in [0.05, 0.1) is 16.6 Å². The van der Waals surface area contributed by atoms with E-state index in [1.807, 2.05) is 26.0 Å². The molecule has 2 aliphatic rings. The van der Waals surface area contributed by atoms with Crippen molar-refractivity contribution in [1.29, 1.82) is 0 Å². The highest BCUT2D eigenvalue weighted by atomic mass is 16.5. The summed E-state index contributed by atoms with van der Waals surface area (Å²) in [4.78, 5) is 0. The predicted molar refractivity (Wildman–Crippen MR) is 166 cm³/mol. The summed E-state index contributed by atoms with van der Waals surface area (Å²) in [5, 5.41) is 13.0. The molecule has 5 aromatic carbocycles. The van der Waals surface area contributed by atoms with E-state index in [0.717, 1.165) is 38.5 Å². The molecular weight excluding hydrogens is 503 g/mol. The summed E-state index contributed by atoms with van der Waals surface area (Å²) in [5.41, 5.74) is 9.92. The van der Waals surface area contributed by atoms with Gasteiger partial charge in [0.2, 0.25) is 0 Å². The lowest BCUT2D eigenvalue weighted by Gasteiger charge is -2.38. The van der Waals surface area contributed by atoms with Crippen molar-refractivity contribution < 1.29 is 14.2 Å². The number of hydrogen-bond acceptors (Lipinski definition) is 3. The molecule has 3 nitrogen and oxygen atoms in total. The Morgan fingerprint density at radius 3 is 2.20 bits per heavy atom. The summed E-state index contributed by atoms with van der Waals surface area (Å²) in [6.45, 7) is 7.50. The van der Waals surface area contributed by atoms with Crippen LogP contribution in [0.3, 0.4) is 0 Å². The van der Waals surface area contributed by atoms with Crippen molar-refractivity contribution in [2.45, 2.75) is 44.3 Å². The molecule has 1 spiro atoms. The molecule has 0 saturated carbocycles. The topological polar surface area (TPSA) is 42.6 Å². The fraction of sp³-hybridized carbons (Fsp3) is 0.189. The van der Waals surface area contributed by atoms with Crippen LogP contribution in [0.25, 0.3) is 44.2 Å². The first-order valence-corrected chi connectivity index (χ1v) is 14.2. The van der Waals surface area contributed by atoms with Gasteiger partial charge in [-0.25, -0.2) is 0 Å². The maximum atomic E-state index is 10.8. The molecule has 1 unspecified atom stereocenters. The molecule has 1 heterocycles. The normalized spacial score (nSPS) is 16.9. The molecule has 4 heteroatoms. The minimum Gasteiger partial charge on any atom is -0.447 e. The molecule has 0 amide bonds. The van der Waals surface area contributed by atoms with Crippen molar-refractivity contribution in [2.75, 3.05) is 0 Å². The molecule has 1 aromatic heterocycles. The molecule has 0 radical (unpaired) electrons. The minimum absolute atomic E-state index is 0.369. The summed E-state index contributed by atoms with van der Waals surface area (Å²) < 4.78 is 12.8. The van der Waals surface area contributed by atoms with Gasteiger partial charge in [-0.05, 0) is 78.7 Å². The first-order valence-electron chi connectivity index (χ1n) is 14.2. The standard InChI is InChI=1S/C37H29BO3/c1-35(2,39)36(3,4)41-38-29-18-11-15-23-22-12-5-8-16-26(22)37(34(23)29)27-17-9-6-13-24(27)32-28(37)20-21-31-33(32)25-14-7-10-19-30(25)40-31/h5-19,38-39H,1-4H3. The van der Waals surface area contributed by atoms with E-state index in [1.165, 1.54) is 33.4 Å². The van der Waals surface area contributed by atoms with Crippen LogP contribution in [-0.2, 0) is 10.1 Å². The molecule has 0 bridgehead atoms. The first-order chi connectivity index (χ1) is 19.7. The number of furan rings is 1. The monoisotopic (exact) mass is 532 g/mol. The number of aliphatic hydroxyl groups is 1. The highest BCUT2D eigenvalue weighted by Gasteiger charge is 2.54. The molecule has 6 aromatic rings. The van der Waals surface area contributed by atoms with E-state index in [1.54, 1.807) is 13.8 Å². The Morgan fingerprint density at radius 2 is 1.41 bits per heavy atom. The number of para-hydroxylation sites is 1. The van der Waals surface area contributed by atoms with Crippen LogP contribution in [0.1, 0.15) is 49.9 Å². The van der Waals surface area contributed by atoms with Gasteiger partial charge >= 0.3 is 7.48 Å². The Morgan fingerprint density at radius 1 is 0.756 bits per heavy atom. The Kier molecular flexibility index (Phi) is 4.86. The summed E-state index contributed by atoms with van der Waals surface area (Å²) in [5.74, 6) is 0. The van der Waals surface area contributed by atoms with E-state index in [4.69, 9.17) is 9.07 Å². The zero-order valence-electron chi connectivity index (χ0n) is 23.6. The van der Waals surface area contributed by atoms with Crippen LogP contribution in [-0.4, -0.2) is 23.8 Å². The second-order valence-electron chi connectivity index (χ2n) is 12.3. The minimum atomic E-state index is -1.01. The molecule has 0 saturated heterocycles. The smallest absolute Gasteiger partial charge is 0.309 e. The molecule has 8 rings (SSSR count). The van der Waals surface area contributed by atoms with Crippen molar-refractivity contribution in [3.05, 3.63) is 125 Å². The Balaban J connectivity index is 1.48. The van der Waals surface area contributed by atoms with Gasteiger partial charge in [0.1, 0.15) is 5.58 Å². The first kappa shape index (κ1) is 24.5. The highest BCUT2D eigenvalue weighted by Crippen LogP contribution is 2.63. The van der Waals surface area contributed by atoms with Gasteiger partial charge in [-0.1, -0.05) is 91.0 Å². The van der Waals surface area contributed by atoms with Crippen molar-refractivity contribution in [1.82, 2.24) is 0 Å². The quantitative estimate of drug-likeness (QED) is 0.247. The maximum absolute atomic E-state index is 10.8. The van der Waals surface area contributed by atoms with Gasteiger partial charge in [0.25, 0.3) is 0 Å². The van der Waals surface area contributed by atoms with Crippen molar-refractivity contribution in [3.8, 4) is 22.3 Å². The summed E-state index contributed by atoms with van der Waals surface area (Å²) in [7, 11) is 0.369. The predicted octanol–water partition coefficient (Wildman–Crippen LogP) is 7.07. The lowest BCUT2D eigenvalue weighted by molar-refractivity contribution is -0.0893. The molecule has 1 N–H and O–H groups in total. The van der Waals surface area contributed by atoms with E-state index < -0.39 is 16.6 Å². The van der Waals surface area contributed by atoms with Gasteiger partial charge in [-0.15, -0.1) is 0 Å². The Labute approximate surface area is 240 Å². The molecular formula is C37H29BO3. The molecule has 198 valence electrons. The van der Waals surface area contributed by atoms with Crippen LogP contribution in [0.15, 0.2) is 95.4 Å². The average molecular weight is 532 g/mol. The molecule has 1 atom stereocenters. The van der Waals surface area contributed by atoms with Crippen molar-refractivity contribution in [2.24, 2.45) is 0 Å². The van der Waals surface area contributed by atoms with Crippen LogP contribution in [0.4, 0.5) is 0 Å². The third-order valence-electron chi connectivity index (χ3n) is 9.58. The second-order valence-corrected chi connectivity index (χ2v) is 12.3. The summed E-state index contributed by atoms with van der Waals surface area (Å²) >= 11 is 0. The van der Waals surface area contributed by atoms with E-state index in [0.29, 0.717) is 7.48 Å². The van der Waals surface area contributed by atoms with Gasteiger partial charge in [-0.3, -0.25) is 0 Å². The third kappa shape index (κ3) is 3.08. The molecule has 0 aliphatic heterocycles. The van der Waals surface area contributed by atoms with E-state index >= 15 is 0 Å². The van der Waals surface area contributed by atoms with Gasteiger partial charge in [0.15, 0.2) is 5.58 Å². The van der Waals surface area contributed by atoms with Crippen LogP contribution < -0.4 is 5.46 Å². The Hall–Kier alpha value is -4.30. The van der Waals surface area contributed by atoms with Crippen LogP contribution in [0.2, 0.25) is 0 Å². The molecule has 0 fully saturated rings. The zero-order chi connectivity index (χ0) is 28.1. The Bertz CT molecular complexity index is 2030. The van der Waals surface area contributed by atoms with Crippen molar-refractivity contribution >= 4 is 34.9 Å². The average Bonchev–Trinajstić information content (AvgIpc) is 3.59. The second kappa shape index (κ2) is 8.14. The number of hydrogen-bond donors (Lipinski definition) is 1. The van der Waals surface area contributed by atoms with Crippen LogP contribution in [0.5, 0.6) is 0 Å². The van der Waals surface area contributed by atoms with Crippen LogP contribution in [0, 0.1) is 12.1 Å². The maximum Gasteiger partial charge on any atom is 0.309 e. The van der Waals surface area contributed by atoms with Gasteiger partial charge in [0, 0.05) is 21.9 Å². The fourth-order valence-corrected chi connectivity index (χ4v) is 6.94. The van der Waals surface area contributed by atoms with E-state index in [2.05, 4.69) is 91.0 Å². The SMILES string of the molecule is CC(C)(O)C(C)(C)OBc1cccc2c1C1(c3c#cc4oc5ccccc5c4c3-c3ccccc31)c1ccccc1-2. The van der Waals surface area contributed by atoms with Gasteiger partial charge < -0.3 is 14.2 Å². The zero-order valence-corrected chi connectivity index (χ0v) is 23.6. The molecule has 2 aliphatic carbocycles. The summed E-state index contributed by atoms with van der Waals surface area (Å²) in [6, 6.07) is 39.3. The van der Waals surface area contributed by atoms with E-state index in [9.17, 15) is 5.11 Å². The summed E-state index contributed by atoms with van der Waals surface area (Å²) in [6.07, 6.45) is 0. The highest BCUT2D eigenvalue weighted by molar-refractivity contribution is 6.48. The number of fused-ring (bicyclic) bond motifs is 14. The number of rotatable bonds is 4. The molecule has 41 heavy (non-hydrogen) atoms. The van der Waals surface area contributed by atoms with Crippen LogP contribution >= 0.6 is 0 Å². The number of benzene rings is 4. The third-order valence-corrected chi connectivity index (χ3v) is 9.58. The lowest BCUT2D eigenvalue weighted by atomic mass is 9.65. The van der Waals surface area contributed by atoms with Gasteiger partial charge in [-0.2, -0.15) is 0 Å². The largest absolute Gasteiger partial charge is 0.447 e. The van der Waals surface area contributed by atoms with Crippen molar-refractivity contribution in [3.63, 3.8) is 0 Å².